The van der Waals surface area contributed by atoms with Crippen LogP contribution in [-0.2, 0) is 5.60 Å². The Balaban J connectivity index is 0.00000205. The minimum absolute atomic E-state index is 0.0724. The van der Waals surface area contributed by atoms with Crippen molar-refractivity contribution >= 4 is 25.1 Å². The smallest absolute Gasteiger partial charge is 0.277 e. The molecular formula is C27H29BClF2N5O3. The van der Waals surface area contributed by atoms with Crippen LogP contribution in [-0.4, -0.2) is 32.5 Å². The lowest BCUT2D eigenvalue weighted by atomic mass is 9.95. The first-order valence-electron chi connectivity index (χ1n) is 12.2. The first-order chi connectivity index (χ1) is 18.4. The molecule has 2 radical (unpaired) electrons. The molecule has 2 N–H and O–H groups in total. The van der Waals surface area contributed by atoms with E-state index in [-0.39, 0.29) is 22.3 Å². The lowest BCUT2D eigenvalue weighted by Crippen LogP contribution is -2.28. The number of ether oxygens (including phenoxy) is 1. The fraction of sp³-hybridized carbons (Fsp3) is 0.333. The van der Waals surface area contributed by atoms with Crippen molar-refractivity contribution in [2.24, 2.45) is 0 Å². The summed E-state index contributed by atoms with van der Waals surface area (Å²) in [5.41, 5.74) is 0.199. The molecule has 0 aliphatic carbocycles. The third-order valence-corrected chi connectivity index (χ3v) is 6.00. The van der Waals surface area contributed by atoms with Gasteiger partial charge in [0.1, 0.15) is 35.7 Å². The van der Waals surface area contributed by atoms with Crippen molar-refractivity contribution in [1.82, 2.24) is 24.8 Å². The molecule has 39 heavy (non-hydrogen) atoms. The zero-order valence-corrected chi connectivity index (χ0v) is 23.2. The van der Waals surface area contributed by atoms with Gasteiger partial charge in [-0.3, -0.25) is 14.3 Å². The molecule has 3 aromatic heterocycles. The summed E-state index contributed by atoms with van der Waals surface area (Å²) in [7, 11) is 5.90. The Labute approximate surface area is 231 Å². The summed E-state index contributed by atoms with van der Waals surface area (Å²) in [6.45, 7) is 10.7. The van der Waals surface area contributed by atoms with Gasteiger partial charge >= 0.3 is 0 Å². The van der Waals surface area contributed by atoms with Gasteiger partial charge in [0.15, 0.2) is 11.6 Å². The minimum atomic E-state index is -1.43. The lowest BCUT2D eigenvalue weighted by Gasteiger charge is -2.25. The van der Waals surface area contributed by atoms with Crippen LogP contribution < -0.4 is 15.6 Å². The van der Waals surface area contributed by atoms with E-state index in [1.54, 1.807) is 45.3 Å². The Bertz CT molecular complexity index is 1490. The number of aromatic nitrogens is 4. The van der Waals surface area contributed by atoms with Gasteiger partial charge in [-0.25, -0.2) is 18.7 Å². The van der Waals surface area contributed by atoms with E-state index in [1.807, 2.05) is 20.8 Å². The molecule has 8 nitrogen and oxygen atoms in total. The van der Waals surface area contributed by atoms with Gasteiger partial charge < -0.3 is 15.2 Å². The van der Waals surface area contributed by atoms with Crippen LogP contribution >= 0.6 is 11.6 Å². The van der Waals surface area contributed by atoms with E-state index in [0.717, 1.165) is 11.8 Å². The van der Waals surface area contributed by atoms with Crippen molar-refractivity contribution in [3.8, 4) is 5.75 Å². The highest BCUT2D eigenvalue weighted by atomic mass is 35.5. The Kier molecular flexibility index (Phi) is 9.29. The summed E-state index contributed by atoms with van der Waals surface area (Å²) in [6.07, 6.45) is 5.91. The number of hydrogen-bond donors (Lipinski definition) is 2. The molecule has 2 unspecified atom stereocenters. The van der Waals surface area contributed by atoms with Crippen LogP contribution in [0.5, 0.6) is 5.75 Å². The maximum absolute atomic E-state index is 14.1. The van der Waals surface area contributed by atoms with E-state index in [1.165, 1.54) is 10.6 Å². The first-order valence-corrected chi connectivity index (χ1v) is 12.6. The molecule has 0 saturated heterocycles. The van der Waals surface area contributed by atoms with Gasteiger partial charge in [-0.1, -0.05) is 25.4 Å². The van der Waals surface area contributed by atoms with Crippen LogP contribution in [0.15, 0.2) is 53.2 Å². The summed E-state index contributed by atoms with van der Waals surface area (Å²) >= 11 is 6.36. The van der Waals surface area contributed by atoms with Gasteiger partial charge in [0.05, 0.1) is 29.6 Å². The van der Waals surface area contributed by atoms with Crippen LogP contribution in [0.25, 0.3) is 5.70 Å². The average Bonchev–Trinajstić information content (AvgIpc) is 2.89. The lowest BCUT2D eigenvalue weighted by molar-refractivity contribution is 0.0683. The molecule has 0 bridgehead atoms. The van der Waals surface area contributed by atoms with Gasteiger partial charge in [-0.05, 0) is 45.4 Å². The van der Waals surface area contributed by atoms with Gasteiger partial charge in [0.25, 0.3) is 5.56 Å². The number of nitrogens with one attached hydrogen (secondary N) is 1. The molecule has 204 valence electrons. The third-order valence-electron chi connectivity index (χ3n) is 5.65. The molecule has 0 saturated carbocycles. The second-order valence-corrected chi connectivity index (χ2v) is 9.43. The normalized spacial score (nSPS) is 15.8. The van der Waals surface area contributed by atoms with Crippen molar-refractivity contribution in [3.63, 3.8) is 0 Å². The van der Waals surface area contributed by atoms with Crippen molar-refractivity contribution in [2.45, 2.75) is 59.2 Å². The molecule has 4 rings (SSSR count). The number of dihydropyridines is 1. The second kappa shape index (κ2) is 12.1. The summed E-state index contributed by atoms with van der Waals surface area (Å²) in [4.78, 5) is 25.6. The molecule has 12 heteroatoms. The fourth-order valence-electron chi connectivity index (χ4n) is 3.78. The molecule has 1 aliphatic rings. The van der Waals surface area contributed by atoms with Gasteiger partial charge in [0.2, 0.25) is 0 Å². The quantitative estimate of drug-likeness (QED) is 0.419. The Hall–Kier alpha value is -3.57. The minimum Gasteiger partial charge on any atom is -0.492 e. The number of pyridine rings is 2. The molecule has 2 atom stereocenters. The van der Waals surface area contributed by atoms with E-state index < -0.39 is 34.8 Å². The number of aryl methyl sites for hydroxylation is 1. The molecule has 0 amide bonds. The monoisotopic (exact) mass is 555 g/mol. The summed E-state index contributed by atoms with van der Waals surface area (Å²) in [5.74, 6) is -1.66. The van der Waals surface area contributed by atoms with Crippen LogP contribution in [0, 0.1) is 18.6 Å². The zero-order chi connectivity index (χ0) is 29.1. The van der Waals surface area contributed by atoms with Gasteiger partial charge in [-0.15, -0.1) is 0 Å². The van der Waals surface area contributed by atoms with Gasteiger partial charge in [0, 0.05) is 30.2 Å². The maximum Gasteiger partial charge on any atom is 0.277 e. The zero-order valence-electron chi connectivity index (χ0n) is 22.5. The molecule has 0 spiro atoms. The van der Waals surface area contributed by atoms with Crippen molar-refractivity contribution < 1.29 is 18.6 Å². The van der Waals surface area contributed by atoms with Crippen molar-refractivity contribution in [3.05, 3.63) is 98.4 Å². The van der Waals surface area contributed by atoms with Crippen molar-refractivity contribution in [2.75, 3.05) is 0 Å². The molecule has 0 aromatic carbocycles. The number of hydrogen-bond acceptors (Lipinski definition) is 7. The largest absolute Gasteiger partial charge is 0.492 e. The van der Waals surface area contributed by atoms with Crippen LogP contribution in [0.1, 0.15) is 69.6 Å². The van der Waals surface area contributed by atoms with E-state index in [0.29, 0.717) is 23.2 Å². The predicted octanol–water partition coefficient (Wildman–Crippen LogP) is 4.86. The molecule has 3 aromatic rings. The predicted molar refractivity (Wildman–Crippen MR) is 146 cm³/mol. The number of rotatable bonds is 6. The SMILES string of the molecule is CC.[B]C(Oc1cc(C)n(C2=CC(c3ccnc(C(C)(C)O)n3)NC=C2C)c(=O)c1Cl)c1ncc(F)cc1F. The maximum atomic E-state index is 14.1. The number of allylic oxidation sites excluding steroid dienone is 2. The molecular weight excluding hydrogens is 527 g/mol. The average molecular weight is 556 g/mol. The highest BCUT2D eigenvalue weighted by Gasteiger charge is 2.25. The van der Waals surface area contributed by atoms with E-state index >= 15 is 0 Å². The van der Waals surface area contributed by atoms with E-state index in [4.69, 9.17) is 24.2 Å². The van der Waals surface area contributed by atoms with Crippen LogP contribution in [0.4, 0.5) is 8.78 Å². The molecule has 0 fully saturated rings. The van der Waals surface area contributed by atoms with Crippen molar-refractivity contribution in [1.29, 1.82) is 0 Å². The second-order valence-electron chi connectivity index (χ2n) is 9.05. The Morgan fingerprint density at radius 2 is 1.92 bits per heavy atom. The van der Waals surface area contributed by atoms with Crippen LogP contribution in [0.3, 0.4) is 0 Å². The highest BCUT2D eigenvalue weighted by molar-refractivity contribution is 6.32. The van der Waals surface area contributed by atoms with E-state index in [2.05, 4.69) is 20.3 Å². The number of aliphatic hydroxyl groups is 1. The molecule has 4 heterocycles. The summed E-state index contributed by atoms with van der Waals surface area (Å²) < 4.78 is 34.2. The highest BCUT2D eigenvalue weighted by Crippen LogP contribution is 2.31. The third kappa shape index (κ3) is 6.54. The summed E-state index contributed by atoms with van der Waals surface area (Å²) in [5, 5.41) is 13.2. The number of halogens is 3. The fourth-order valence-corrected chi connectivity index (χ4v) is 3.97. The first kappa shape index (κ1) is 30.0. The summed E-state index contributed by atoms with van der Waals surface area (Å²) in [6, 6.07) is 1.98. The van der Waals surface area contributed by atoms with Gasteiger partial charge in [-0.2, -0.15) is 0 Å². The Morgan fingerprint density at radius 3 is 2.56 bits per heavy atom. The molecule has 1 aliphatic heterocycles. The standard InChI is InChI=1S/C25H23BClF2N5O3.C2H6/c1-12-10-31-17(16-5-6-30-24(33-16)25(3,4)36)9-18(12)34-13(2)7-19(20(27)23(34)35)37-22(26)21-15(29)8-14(28)11-32-21;1-2/h5-11,17,22,31,36H,1-4H3;1-2H3. The number of nitrogens with zero attached hydrogens (tertiary/aromatic N) is 4. The van der Waals surface area contributed by atoms with Crippen LogP contribution in [0.2, 0.25) is 5.02 Å². The van der Waals surface area contributed by atoms with E-state index in [9.17, 15) is 18.7 Å². The topological polar surface area (TPSA) is 102 Å². The Morgan fingerprint density at radius 1 is 1.23 bits per heavy atom.